The molecule has 3 N–H and O–H groups in total. The predicted octanol–water partition coefficient (Wildman–Crippen LogP) is 4.53. The molecule has 28 heavy (non-hydrogen) atoms. The van der Waals surface area contributed by atoms with E-state index >= 15 is 0 Å². The topological polar surface area (TPSA) is 56.4 Å². The van der Waals surface area contributed by atoms with E-state index in [0.717, 1.165) is 36.6 Å². The number of hydrogen-bond acceptors (Lipinski definition) is 3. The standard InChI is InChI=1S/C21H27ClN4OS/c1-4-26(5-2)13-12-23-20(27)16-6-9-18(10-7-16)24-21(28)25-19-11-8-17(22)14-15(19)3/h6-11,14H,4-5,12-13H2,1-3H3,(H,23,27)(H2,24,25,28). The van der Waals surface area contributed by atoms with Crippen molar-refractivity contribution >= 4 is 46.2 Å². The van der Waals surface area contributed by atoms with Crippen molar-refractivity contribution in [3.05, 3.63) is 58.6 Å². The Labute approximate surface area is 177 Å². The minimum absolute atomic E-state index is 0.0730. The molecule has 0 aliphatic carbocycles. The molecule has 7 heteroatoms. The van der Waals surface area contributed by atoms with Crippen LogP contribution in [-0.4, -0.2) is 42.1 Å². The number of thiocarbonyl (C=S) groups is 1. The quantitative estimate of drug-likeness (QED) is 0.550. The maximum Gasteiger partial charge on any atom is 0.251 e. The van der Waals surface area contributed by atoms with E-state index in [4.69, 9.17) is 23.8 Å². The number of nitrogens with zero attached hydrogens (tertiary/aromatic N) is 1. The highest BCUT2D eigenvalue weighted by molar-refractivity contribution is 7.80. The van der Waals surface area contributed by atoms with Gasteiger partial charge in [0.25, 0.3) is 5.91 Å². The number of hydrogen-bond donors (Lipinski definition) is 3. The lowest BCUT2D eigenvalue weighted by Crippen LogP contribution is -2.34. The number of likely N-dealkylation sites (N-methyl/N-ethyl adjacent to an activating group) is 1. The first-order valence-electron chi connectivity index (χ1n) is 9.37. The molecule has 0 bridgehead atoms. The fourth-order valence-corrected chi connectivity index (χ4v) is 3.18. The van der Waals surface area contributed by atoms with Gasteiger partial charge in [0.15, 0.2) is 5.11 Å². The number of benzene rings is 2. The predicted molar refractivity (Wildman–Crippen MR) is 123 cm³/mol. The van der Waals surface area contributed by atoms with Crippen LogP contribution in [0, 0.1) is 6.92 Å². The van der Waals surface area contributed by atoms with Crippen LogP contribution in [0.25, 0.3) is 0 Å². The molecule has 0 saturated heterocycles. The van der Waals surface area contributed by atoms with Gasteiger partial charge in [0.2, 0.25) is 0 Å². The van der Waals surface area contributed by atoms with Crippen LogP contribution in [0.15, 0.2) is 42.5 Å². The summed E-state index contributed by atoms with van der Waals surface area (Å²) in [6.07, 6.45) is 0. The minimum Gasteiger partial charge on any atom is -0.351 e. The summed E-state index contributed by atoms with van der Waals surface area (Å²) >= 11 is 11.3. The second-order valence-electron chi connectivity index (χ2n) is 6.40. The van der Waals surface area contributed by atoms with Crippen LogP contribution in [0.1, 0.15) is 29.8 Å². The lowest BCUT2D eigenvalue weighted by molar-refractivity contribution is 0.0949. The fraction of sp³-hybridized carbons (Fsp3) is 0.333. The van der Waals surface area contributed by atoms with Gasteiger partial charge in [-0.25, -0.2) is 0 Å². The Kier molecular flexibility index (Phi) is 8.70. The SMILES string of the molecule is CCN(CC)CCNC(=O)c1ccc(NC(=S)Nc2ccc(Cl)cc2C)cc1. The normalized spacial score (nSPS) is 10.6. The van der Waals surface area contributed by atoms with Crippen molar-refractivity contribution in [3.8, 4) is 0 Å². The van der Waals surface area contributed by atoms with Crippen molar-refractivity contribution in [2.75, 3.05) is 36.8 Å². The number of amides is 1. The first-order chi connectivity index (χ1) is 13.4. The summed E-state index contributed by atoms with van der Waals surface area (Å²) in [5, 5.41) is 10.4. The molecule has 0 saturated carbocycles. The Morgan fingerprint density at radius 3 is 2.36 bits per heavy atom. The third kappa shape index (κ3) is 6.78. The Hall–Kier alpha value is -2.15. The van der Waals surface area contributed by atoms with Crippen molar-refractivity contribution in [1.82, 2.24) is 10.2 Å². The summed E-state index contributed by atoms with van der Waals surface area (Å²) in [5.74, 6) is -0.0730. The molecule has 0 radical (unpaired) electrons. The number of halogens is 1. The highest BCUT2D eigenvalue weighted by Gasteiger charge is 2.07. The molecule has 2 aromatic rings. The van der Waals surface area contributed by atoms with E-state index in [1.54, 1.807) is 12.1 Å². The van der Waals surface area contributed by atoms with Gasteiger partial charge in [-0.3, -0.25) is 4.79 Å². The molecule has 2 rings (SSSR count). The third-order valence-corrected chi connectivity index (χ3v) is 4.89. The van der Waals surface area contributed by atoms with Crippen LogP contribution < -0.4 is 16.0 Å². The van der Waals surface area contributed by atoms with E-state index in [0.29, 0.717) is 22.2 Å². The molecule has 0 aromatic heterocycles. The van der Waals surface area contributed by atoms with E-state index in [2.05, 4.69) is 34.7 Å². The van der Waals surface area contributed by atoms with Crippen LogP contribution in [0.2, 0.25) is 5.02 Å². The van der Waals surface area contributed by atoms with E-state index in [1.165, 1.54) is 0 Å². The number of carbonyl (C=O) groups excluding carboxylic acids is 1. The fourth-order valence-electron chi connectivity index (χ4n) is 2.73. The molecule has 0 unspecified atom stereocenters. The second-order valence-corrected chi connectivity index (χ2v) is 7.24. The van der Waals surface area contributed by atoms with Crippen LogP contribution >= 0.6 is 23.8 Å². The van der Waals surface area contributed by atoms with Crippen molar-refractivity contribution < 1.29 is 4.79 Å². The average molecular weight is 419 g/mol. The van der Waals surface area contributed by atoms with Crippen LogP contribution in [-0.2, 0) is 0 Å². The molecule has 0 aliphatic rings. The largest absolute Gasteiger partial charge is 0.351 e. The van der Waals surface area contributed by atoms with Crippen molar-refractivity contribution in [2.45, 2.75) is 20.8 Å². The molecule has 0 aliphatic heterocycles. The van der Waals surface area contributed by atoms with Crippen molar-refractivity contribution in [2.24, 2.45) is 0 Å². The van der Waals surface area contributed by atoms with Crippen LogP contribution in [0.5, 0.6) is 0 Å². The summed E-state index contributed by atoms with van der Waals surface area (Å²) in [6, 6.07) is 12.8. The Bertz CT molecular complexity index is 807. The zero-order valence-electron chi connectivity index (χ0n) is 16.5. The van der Waals surface area contributed by atoms with E-state index in [-0.39, 0.29) is 5.91 Å². The van der Waals surface area contributed by atoms with E-state index in [1.807, 2.05) is 37.3 Å². The molecule has 0 atom stereocenters. The molecular weight excluding hydrogens is 392 g/mol. The number of aryl methyl sites for hydroxylation is 1. The van der Waals surface area contributed by atoms with E-state index < -0.39 is 0 Å². The molecule has 2 aromatic carbocycles. The van der Waals surface area contributed by atoms with Gasteiger partial charge in [0.1, 0.15) is 0 Å². The molecule has 5 nitrogen and oxygen atoms in total. The molecule has 0 fully saturated rings. The monoisotopic (exact) mass is 418 g/mol. The summed E-state index contributed by atoms with van der Waals surface area (Å²) in [6.45, 7) is 9.64. The van der Waals surface area contributed by atoms with Gasteiger partial charge >= 0.3 is 0 Å². The third-order valence-electron chi connectivity index (χ3n) is 4.45. The summed E-state index contributed by atoms with van der Waals surface area (Å²) < 4.78 is 0. The van der Waals surface area contributed by atoms with Gasteiger partial charge in [-0.15, -0.1) is 0 Å². The van der Waals surface area contributed by atoms with Crippen molar-refractivity contribution in [3.63, 3.8) is 0 Å². The number of nitrogens with one attached hydrogen (secondary N) is 3. The lowest BCUT2D eigenvalue weighted by atomic mass is 10.2. The Morgan fingerprint density at radius 2 is 1.75 bits per heavy atom. The van der Waals surface area contributed by atoms with Crippen LogP contribution in [0.4, 0.5) is 11.4 Å². The maximum atomic E-state index is 12.2. The minimum atomic E-state index is -0.0730. The first kappa shape index (κ1) is 22.1. The highest BCUT2D eigenvalue weighted by Crippen LogP contribution is 2.20. The molecule has 0 heterocycles. The van der Waals surface area contributed by atoms with Crippen molar-refractivity contribution in [1.29, 1.82) is 0 Å². The second kappa shape index (κ2) is 11.0. The Balaban J connectivity index is 1.86. The van der Waals surface area contributed by atoms with Gasteiger partial charge in [-0.2, -0.15) is 0 Å². The maximum absolute atomic E-state index is 12.2. The Morgan fingerprint density at radius 1 is 1.07 bits per heavy atom. The zero-order chi connectivity index (χ0) is 20.5. The summed E-state index contributed by atoms with van der Waals surface area (Å²) in [7, 11) is 0. The van der Waals surface area contributed by atoms with E-state index in [9.17, 15) is 4.79 Å². The summed E-state index contributed by atoms with van der Waals surface area (Å²) in [5.41, 5.74) is 3.33. The number of rotatable bonds is 8. The number of carbonyl (C=O) groups is 1. The first-order valence-corrected chi connectivity index (χ1v) is 10.2. The van der Waals surface area contributed by atoms with Gasteiger partial charge in [0, 0.05) is 35.1 Å². The van der Waals surface area contributed by atoms with Crippen LogP contribution in [0.3, 0.4) is 0 Å². The highest BCUT2D eigenvalue weighted by atomic mass is 35.5. The average Bonchev–Trinajstić information content (AvgIpc) is 2.68. The summed E-state index contributed by atoms with van der Waals surface area (Å²) in [4.78, 5) is 14.5. The molecule has 1 amide bonds. The number of anilines is 2. The zero-order valence-corrected chi connectivity index (χ0v) is 18.1. The molecule has 150 valence electrons. The van der Waals surface area contributed by atoms with Gasteiger partial charge in [-0.05, 0) is 80.3 Å². The van der Waals surface area contributed by atoms with Gasteiger partial charge in [-0.1, -0.05) is 25.4 Å². The molecule has 0 spiro atoms. The van der Waals surface area contributed by atoms with Gasteiger partial charge < -0.3 is 20.9 Å². The van der Waals surface area contributed by atoms with Gasteiger partial charge in [0.05, 0.1) is 0 Å². The molecular formula is C21H27ClN4OS. The smallest absolute Gasteiger partial charge is 0.251 e. The lowest BCUT2D eigenvalue weighted by Gasteiger charge is -2.18.